The van der Waals surface area contributed by atoms with E-state index in [1.165, 1.54) is 12.0 Å². The average Bonchev–Trinajstić information content (AvgIpc) is 3.10. The van der Waals surface area contributed by atoms with Crippen LogP contribution in [0.1, 0.15) is 36.3 Å². The highest BCUT2D eigenvalue weighted by Crippen LogP contribution is 2.26. The Hall–Kier alpha value is -1.62. The van der Waals surface area contributed by atoms with E-state index in [1.807, 2.05) is 17.1 Å². The van der Waals surface area contributed by atoms with Crippen LogP contribution in [-0.2, 0) is 13.1 Å². The molecule has 3 heterocycles. The summed E-state index contributed by atoms with van der Waals surface area (Å²) in [6.45, 7) is 8.33. The lowest BCUT2D eigenvalue weighted by Crippen LogP contribution is -2.19. The molecular weight excluding hydrogens is 238 g/mol. The molecule has 1 N–H and O–H groups in total. The van der Waals surface area contributed by atoms with Crippen molar-refractivity contribution in [2.75, 3.05) is 13.1 Å². The predicted molar refractivity (Wildman–Crippen MR) is 73.9 cm³/mol. The molecule has 0 saturated carbocycles. The Balaban J connectivity index is 1.59. The summed E-state index contributed by atoms with van der Waals surface area (Å²) >= 11 is 0. The molecule has 1 saturated heterocycles. The fourth-order valence-electron chi connectivity index (χ4n) is 2.76. The van der Waals surface area contributed by atoms with Crippen molar-refractivity contribution in [3.05, 3.63) is 35.7 Å². The van der Waals surface area contributed by atoms with Crippen LogP contribution in [0.4, 0.5) is 0 Å². The molecule has 1 atom stereocenters. The van der Waals surface area contributed by atoms with E-state index in [1.54, 1.807) is 0 Å². The molecule has 3 rings (SSSR count). The van der Waals surface area contributed by atoms with Crippen LogP contribution >= 0.6 is 0 Å². The minimum absolute atomic E-state index is 0.551. The number of hydrogen-bond acceptors (Lipinski definition) is 3. The van der Waals surface area contributed by atoms with Crippen molar-refractivity contribution in [2.24, 2.45) is 0 Å². The molecule has 0 bridgehead atoms. The minimum atomic E-state index is 0.551. The molecule has 1 aliphatic heterocycles. The molecule has 0 amide bonds. The molecule has 102 valence electrons. The third-order valence-corrected chi connectivity index (χ3v) is 3.80. The SMILES string of the molecule is CCn1cc(CN2CC[C@H](c3ncc(C)[nH]3)C2)cn1. The summed E-state index contributed by atoms with van der Waals surface area (Å²) in [6.07, 6.45) is 7.23. The minimum Gasteiger partial charge on any atom is -0.346 e. The van der Waals surface area contributed by atoms with Gasteiger partial charge in [-0.2, -0.15) is 5.10 Å². The van der Waals surface area contributed by atoms with Gasteiger partial charge in [0.1, 0.15) is 5.82 Å². The van der Waals surface area contributed by atoms with E-state index in [-0.39, 0.29) is 0 Å². The average molecular weight is 259 g/mol. The van der Waals surface area contributed by atoms with Crippen molar-refractivity contribution in [2.45, 2.75) is 39.3 Å². The second-order valence-electron chi connectivity index (χ2n) is 5.38. The first-order valence-corrected chi connectivity index (χ1v) is 6.99. The van der Waals surface area contributed by atoms with Crippen LogP contribution in [-0.4, -0.2) is 37.7 Å². The molecule has 1 fully saturated rings. The molecule has 0 unspecified atom stereocenters. The van der Waals surface area contributed by atoms with Gasteiger partial charge in [-0.25, -0.2) is 4.98 Å². The Bertz CT molecular complexity index is 542. The fourth-order valence-corrected chi connectivity index (χ4v) is 2.76. The summed E-state index contributed by atoms with van der Waals surface area (Å²) in [5.41, 5.74) is 2.45. The lowest BCUT2D eigenvalue weighted by atomic mass is 10.1. The molecule has 5 nitrogen and oxygen atoms in total. The first-order valence-electron chi connectivity index (χ1n) is 6.99. The van der Waals surface area contributed by atoms with Gasteiger partial charge in [0.2, 0.25) is 0 Å². The van der Waals surface area contributed by atoms with E-state index in [2.05, 4.69) is 40.0 Å². The number of nitrogens with zero attached hydrogens (tertiary/aromatic N) is 4. The fraction of sp³-hybridized carbons (Fsp3) is 0.571. The van der Waals surface area contributed by atoms with E-state index in [4.69, 9.17) is 0 Å². The maximum absolute atomic E-state index is 4.46. The Morgan fingerprint density at radius 1 is 1.42 bits per heavy atom. The first-order chi connectivity index (χ1) is 9.24. The normalized spacial score (nSPS) is 20.2. The molecule has 19 heavy (non-hydrogen) atoms. The van der Waals surface area contributed by atoms with Gasteiger partial charge >= 0.3 is 0 Å². The lowest BCUT2D eigenvalue weighted by molar-refractivity contribution is 0.325. The van der Waals surface area contributed by atoms with Crippen molar-refractivity contribution in [3.8, 4) is 0 Å². The number of hydrogen-bond donors (Lipinski definition) is 1. The standard InChI is InChI=1S/C14H21N5/c1-3-19-9-12(7-16-19)8-18-5-4-13(10-18)14-15-6-11(2)17-14/h6-7,9,13H,3-5,8,10H2,1-2H3,(H,15,17)/t13-/m0/s1. The zero-order valence-electron chi connectivity index (χ0n) is 11.6. The van der Waals surface area contributed by atoms with Gasteiger partial charge in [-0.05, 0) is 26.8 Å². The second kappa shape index (κ2) is 5.17. The van der Waals surface area contributed by atoms with Crippen LogP contribution < -0.4 is 0 Å². The molecular formula is C14H21N5. The number of nitrogens with one attached hydrogen (secondary N) is 1. The summed E-state index contributed by atoms with van der Waals surface area (Å²) in [7, 11) is 0. The second-order valence-corrected chi connectivity index (χ2v) is 5.38. The van der Waals surface area contributed by atoms with Gasteiger partial charge in [0.25, 0.3) is 0 Å². The van der Waals surface area contributed by atoms with Crippen molar-refractivity contribution in [3.63, 3.8) is 0 Å². The summed E-state index contributed by atoms with van der Waals surface area (Å²) in [6, 6.07) is 0. The number of H-pyrrole nitrogens is 1. The van der Waals surface area contributed by atoms with E-state index < -0.39 is 0 Å². The molecule has 0 aromatic carbocycles. The quantitative estimate of drug-likeness (QED) is 0.912. The Morgan fingerprint density at radius 2 is 2.32 bits per heavy atom. The summed E-state index contributed by atoms with van der Waals surface area (Å²) in [4.78, 5) is 10.3. The Morgan fingerprint density at radius 3 is 3.00 bits per heavy atom. The number of imidazole rings is 1. The highest BCUT2D eigenvalue weighted by molar-refractivity contribution is 5.09. The first kappa shape index (κ1) is 12.4. The van der Waals surface area contributed by atoms with Gasteiger partial charge in [0.15, 0.2) is 0 Å². The smallest absolute Gasteiger partial charge is 0.110 e. The third-order valence-electron chi connectivity index (χ3n) is 3.80. The number of aryl methyl sites for hydroxylation is 2. The topological polar surface area (TPSA) is 49.7 Å². The molecule has 0 aliphatic carbocycles. The molecule has 1 aliphatic rings. The van der Waals surface area contributed by atoms with Gasteiger partial charge < -0.3 is 4.98 Å². The summed E-state index contributed by atoms with van der Waals surface area (Å²) in [5, 5.41) is 4.33. The zero-order chi connectivity index (χ0) is 13.2. The lowest BCUT2D eigenvalue weighted by Gasteiger charge is -2.14. The molecule has 2 aromatic rings. The molecule has 5 heteroatoms. The highest BCUT2D eigenvalue weighted by Gasteiger charge is 2.25. The van der Waals surface area contributed by atoms with Crippen molar-refractivity contribution in [1.82, 2.24) is 24.6 Å². The maximum Gasteiger partial charge on any atom is 0.110 e. The number of aromatic amines is 1. The van der Waals surface area contributed by atoms with Crippen LogP contribution in [0.2, 0.25) is 0 Å². The summed E-state index contributed by atoms with van der Waals surface area (Å²) in [5.74, 6) is 1.69. The Kier molecular flexibility index (Phi) is 3.38. The highest BCUT2D eigenvalue weighted by atomic mass is 15.3. The van der Waals surface area contributed by atoms with Gasteiger partial charge in [-0.15, -0.1) is 0 Å². The predicted octanol–water partition coefficient (Wildman–Crippen LogP) is 1.92. The van der Waals surface area contributed by atoms with Crippen molar-refractivity contribution >= 4 is 0 Å². The van der Waals surface area contributed by atoms with Crippen LogP contribution in [0, 0.1) is 6.92 Å². The van der Waals surface area contributed by atoms with Crippen LogP contribution in [0.15, 0.2) is 18.6 Å². The van der Waals surface area contributed by atoms with E-state index in [0.717, 1.165) is 37.7 Å². The van der Waals surface area contributed by atoms with Crippen LogP contribution in [0.25, 0.3) is 0 Å². The van der Waals surface area contributed by atoms with Crippen LogP contribution in [0.3, 0.4) is 0 Å². The van der Waals surface area contributed by atoms with Gasteiger partial charge in [-0.3, -0.25) is 9.58 Å². The van der Waals surface area contributed by atoms with Crippen LogP contribution in [0.5, 0.6) is 0 Å². The van der Waals surface area contributed by atoms with E-state index in [9.17, 15) is 0 Å². The largest absolute Gasteiger partial charge is 0.346 e. The number of likely N-dealkylation sites (tertiary alicyclic amines) is 1. The third kappa shape index (κ3) is 2.71. The van der Waals surface area contributed by atoms with E-state index >= 15 is 0 Å². The number of rotatable bonds is 4. The molecule has 0 radical (unpaired) electrons. The van der Waals surface area contributed by atoms with Crippen molar-refractivity contribution < 1.29 is 0 Å². The van der Waals surface area contributed by atoms with E-state index in [0.29, 0.717) is 5.92 Å². The van der Waals surface area contributed by atoms with Gasteiger partial charge in [0, 0.05) is 49.2 Å². The number of aromatic nitrogens is 4. The monoisotopic (exact) mass is 259 g/mol. The van der Waals surface area contributed by atoms with Gasteiger partial charge in [-0.1, -0.05) is 0 Å². The molecule has 0 spiro atoms. The van der Waals surface area contributed by atoms with Crippen molar-refractivity contribution in [1.29, 1.82) is 0 Å². The summed E-state index contributed by atoms with van der Waals surface area (Å²) < 4.78 is 1.98. The zero-order valence-corrected chi connectivity index (χ0v) is 11.6. The Labute approximate surface area is 113 Å². The maximum atomic E-state index is 4.46. The molecule has 2 aromatic heterocycles. The van der Waals surface area contributed by atoms with Gasteiger partial charge in [0.05, 0.1) is 6.20 Å².